The van der Waals surface area contributed by atoms with Gasteiger partial charge in [-0.05, 0) is 43.5 Å². The fourth-order valence-electron chi connectivity index (χ4n) is 2.56. The maximum atomic E-state index is 5.75. The zero-order valence-electron chi connectivity index (χ0n) is 10.7. The minimum absolute atomic E-state index is 0.260. The first-order valence-corrected chi connectivity index (χ1v) is 6.97. The molecule has 1 N–H and O–H groups in total. The first-order chi connectivity index (χ1) is 8.90. The zero-order chi connectivity index (χ0) is 12.2. The topological polar surface area (TPSA) is 30.5 Å². The number of hydrogen-bond acceptors (Lipinski definition) is 3. The van der Waals surface area contributed by atoms with Crippen molar-refractivity contribution in [1.29, 1.82) is 0 Å². The van der Waals surface area contributed by atoms with Crippen molar-refractivity contribution in [1.82, 2.24) is 5.32 Å². The lowest BCUT2D eigenvalue weighted by Gasteiger charge is -2.27. The van der Waals surface area contributed by atoms with E-state index in [-0.39, 0.29) is 6.10 Å². The molecule has 2 aliphatic rings. The summed E-state index contributed by atoms with van der Waals surface area (Å²) >= 11 is 0. The van der Waals surface area contributed by atoms with E-state index in [1.807, 2.05) is 0 Å². The molecule has 2 fully saturated rings. The van der Waals surface area contributed by atoms with Gasteiger partial charge in [0, 0.05) is 6.04 Å². The van der Waals surface area contributed by atoms with Crippen LogP contribution < -0.4 is 10.1 Å². The summed E-state index contributed by atoms with van der Waals surface area (Å²) < 4.78 is 10.9. The lowest BCUT2D eigenvalue weighted by Crippen LogP contribution is -2.38. The van der Waals surface area contributed by atoms with Crippen molar-refractivity contribution in [2.45, 2.75) is 37.8 Å². The van der Waals surface area contributed by atoms with Gasteiger partial charge in [-0.25, -0.2) is 0 Å². The first-order valence-electron chi connectivity index (χ1n) is 6.97. The third-order valence-corrected chi connectivity index (χ3v) is 3.73. The molecule has 2 aliphatic heterocycles. The average molecular weight is 247 g/mol. The van der Waals surface area contributed by atoms with Crippen LogP contribution in [0.1, 0.15) is 24.8 Å². The van der Waals surface area contributed by atoms with Crippen molar-refractivity contribution in [2.24, 2.45) is 0 Å². The maximum Gasteiger partial charge on any atom is 0.145 e. The number of rotatable bonds is 4. The van der Waals surface area contributed by atoms with Gasteiger partial charge in [-0.15, -0.1) is 0 Å². The molecule has 98 valence electrons. The second-order valence-electron chi connectivity index (χ2n) is 5.27. The molecule has 0 radical (unpaired) electrons. The summed E-state index contributed by atoms with van der Waals surface area (Å²) in [6, 6.07) is 9.19. The van der Waals surface area contributed by atoms with Crippen LogP contribution in [0.5, 0.6) is 5.75 Å². The van der Waals surface area contributed by atoms with Crippen molar-refractivity contribution in [2.75, 3.05) is 19.8 Å². The molecule has 2 saturated heterocycles. The Bertz CT molecular complexity index is 367. The van der Waals surface area contributed by atoms with Crippen LogP contribution in [0.3, 0.4) is 0 Å². The van der Waals surface area contributed by atoms with Gasteiger partial charge < -0.3 is 14.8 Å². The minimum atomic E-state index is 0.260. The van der Waals surface area contributed by atoms with E-state index >= 15 is 0 Å². The van der Waals surface area contributed by atoms with Crippen molar-refractivity contribution in [3.8, 4) is 5.75 Å². The normalized spacial score (nSPS) is 24.6. The largest absolute Gasteiger partial charge is 0.486 e. The number of piperidine rings is 1. The summed E-state index contributed by atoms with van der Waals surface area (Å²) in [5.74, 6) is 0.962. The van der Waals surface area contributed by atoms with Gasteiger partial charge >= 0.3 is 0 Å². The van der Waals surface area contributed by atoms with Gasteiger partial charge in [0.25, 0.3) is 0 Å². The van der Waals surface area contributed by atoms with Gasteiger partial charge in [-0.1, -0.05) is 18.6 Å². The third-order valence-electron chi connectivity index (χ3n) is 3.73. The van der Waals surface area contributed by atoms with E-state index in [4.69, 9.17) is 9.47 Å². The van der Waals surface area contributed by atoms with Gasteiger partial charge in [0.05, 0.1) is 13.2 Å². The molecule has 0 spiro atoms. The van der Waals surface area contributed by atoms with Gasteiger partial charge in [-0.2, -0.15) is 0 Å². The highest BCUT2D eigenvalue weighted by Crippen LogP contribution is 2.19. The van der Waals surface area contributed by atoms with Crippen molar-refractivity contribution < 1.29 is 9.47 Å². The molecule has 3 nitrogen and oxygen atoms in total. The third kappa shape index (κ3) is 3.03. The molecular weight excluding hydrogens is 226 g/mol. The average Bonchev–Trinajstić information content (AvgIpc) is 2.37. The highest BCUT2D eigenvalue weighted by molar-refractivity contribution is 5.28. The Morgan fingerprint density at radius 1 is 1.17 bits per heavy atom. The fraction of sp³-hybridized carbons (Fsp3) is 0.600. The Hall–Kier alpha value is -1.06. The summed E-state index contributed by atoms with van der Waals surface area (Å²) in [4.78, 5) is 0. The van der Waals surface area contributed by atoms with E-state index in [0.717, 1.165) is 25.4 Å². The molecule has 0 saturated carbocycles. The molecule has 3 heteroatoms. The van der Waals surface area contributed by atoms with Crippen LogP contribution in [0, 0.1) is 0 Å². The summed E-state index contributed by atoms with van der Waals surface area (Å²) in [5, 5.41) is 3.58. The van der Waals surface area contributed by atoms with E-state index in [9.17, 15) is 0 Å². The first kappa shape index (κ1) is 12.0. The summed E-state index contributed by atoms with van der Waals surface area (Å²) in [5.41, 5.74) is 1.40. The molecule has 0 aromatic heterocycles. The molecule has 18 heavy (non-hydrogen) atoms. The highest BCUT2D eigenvalue weighted by Gasteiger charge is 2.20. The van der Waals surface area contributed by atoms with Crippen molar-refractivity contribution in [3.05, 3.63) is 29.8 Å². The number of hydrogen-bond donors (Lipinski definition) is 1. The zero-order valence-corrected chi connectivity index (χ0v) is 10.7. The fourth-order valence-corrected chi connectivity index (χ4v) is 2.56. The number of ether oxygens (including phenoxy) is 2. The predicted octanol–water partition coefficient (Wildman–Crippen LogP) is 2.15. The summed E-state index contributed by atoms with van der Waals surface area (Å²) in [6.07, 6.45) is 5.38. The molecule has 2 heterocycles. The highest BCUT2D eigenvalue weighted by atomic mass is 16.6. The lowest BCUT2D eigenvalue weighted by atomic mass is 9.98. The molecule has 0 bridgehead atoms. The SMILES string of the molecule is c1cc(OC2COC2)ccc1CC1CCCCN1. The Balaban J connectivity index is 1.52. The van der Waals surface area contributed by atoms with Crippen LogP contribution >= 0.6 is 0 Å². The molecule has 3 rings (SSSR count). The van der Waals surface area contributed by atoms with Crippen LogP contribution in [0.2, 0.25) is 0 Å². The Kier molecular flexibility index (Phi) is 3.81. The standard InChI is InChI=1S/C15H21NO2/c1-2-8-16-13(3-1)9-12-4-6-14(7-5-12)18-15-10-17-11-15/h4-7,13,15-16H,1-3,8-11H2. The van der Waals surface area contributed by atoms with Gasteiger partial charge in [0.2, 0.25) is 0 Å². The second kappa shape index (κ2) is 5.72. The number of benzene rings is 1. The Morgan fingerprint density at radius 3 is 2.61 bits per heavy atom. The number of nitrogens with one attached hydrogen (secondary N) is 1. The molecule has 0 aliphatic carbocycles. The van der Waals surface area contributed by atoms with Gasteiger partial charge in [0.1, 0.15) is 11.9 Å². The maximum absolute atomic E-state index is 5.75. The molecule has 1 aromatic rings. The molecule has 1 unspecified atom stereocenters. The van der Waals surface area contributed by atoms with Crippen LogP contribution in [-0.2, 0) is 11.2 Å². The monoisotopic (exact) mass is 247 g/mol. The van der Waals surface area contributed by atoms with Crippen LogP contribution in [0.4, 0.5) is 0 Å². The van der Waals surface area contributed by atoms with Crippen LogP contribution in [-0.4, -0.2) is 31.9 Å². The Morgan fingerprint density at radius 2 is 2.00 bits per heavy atom. The molecule has 1 aromatic carbocycles. The van der Waals surface area contributed by atoms with E-state index in [1.54, 1.807) is 0 Å². The molecule has 0 amide bonds. The molecule has 1 atom stereocenters. The Labute approximate surface area is 108 Å². The van der Waals surface area contributed by atoms with Gasteiger partial charge in [0.15, 0.2) is 0 Å². The summed E-state index contributed by atoms with van der Waals surface area (Å²) in [6.45, 7) is 2.63. The van der Waals surface area contributed by atoms with E-state index in [2.05, 4.69) is 29.6 Å². The molecular formula is C15H21NO2. The van der Waals surface area contributed by atoms with Crippen molar-refractivity contribution in [3.63, 3.8) is 0 Å². The lowest BCUT2D eigenvalue weighted by molar-refractivity contribution is -0.0796. The minimum Gasteiger partial charge on any atom is -0.486 e. The van der Waals surface area contributed by atoms with Crippen molar-refractivity contribution >= 4 is 0 Å². The summed E-state index contributed by atoms with van der Waals surface area (Å²) in [7, 11) is 0. The smallest absolute Gasteiger partial charge is 0.145 e. The second-order valence-corrected chi connectivity index (χ2v) is 5.27. The quantitative estimate of drug-likeness (QED) is 0.884. The van der Waals surface area contributed by atoms with Crippen LogP contribution in [0.15, 0.2) is 24.3 Å². The van der Waals surface area contributed by atoms with E-state index in [1.165, 1.54) is 31.4 Å². The predicted molar refractivity (Wildman–Crippen MR) is 71.0 cm³/mol. The van der Waals surface area contributed by atoms with Crippen LogP contribution in [0.25, 0.3) is 0 Å². The van der Waals surface area contributed by atoms with E-state index < -0.39 is 0 Å². The van der Waals surface area contributed by atoms with E-state index in [0.29, 0.717) is 6.04 Å². The van der Waals surface area contributed by atoms with Gasteiger partial charge in [-0.3, -0.25) is 0 Å².